The summed E-state index contributed by atoms with van der Waals surface area (Å²) in [6.45, 7) is 3.92. The SMILES string of the molecule is O=c1c(Cl)c(N2CCN(CCO)CC2)cnn1-c1cccc(Cl)c1. The van der Waals surface area contributed by atoms with Crippen molar-refractivity contribution in [2.75, 3.05) is 44.2 Å². The zero-order valence-corrected chi connectivity index (χ0v) is 14.5. The molecule has 0 spiro atoms. The Kier molecular flexibility index (Phi) is 5.40. The lowest BCUT2D eigenvalue weighted by Gasteiger charge is -2.35. The van der Waals surface area contributed by atoms with Crippen LogP contribution in [0.1, 0.15) is 0 Å². The van der Waals surface area contributed by atoms with Gasteiger partial charge in [-0.05, 0) is 18.2 Å². The molecule has 1 fully saturated rings. The highest BCUT2D eigenvalue weighted by Crippen LogP contribution is 2.23. The maximum Gasteiger partial charge on any atom is 0.292 e. The fourth-order valence-corrected chi connectivity index (χ4v) is 3.22. The highest BCUT2D eigenvalue weighted by atomic mass is 35.5. The number of halogens is 2. The molecule has 2 heterocycles. The van der Waals surface area contributed by atoms with Gasteiger partial charge in [0.2, 0.25) is 0 Å². The lowest BCUT2D eigenvalue weighted by Crippen LogP contribution is -2.47. The van der Waals surface area contributed by atoms with Crippen LogP contribution < -0.4 is 10.5 Å². The van der Waals surface area contributed by atoms with Gasteiger partial charge < -0.3 is 10.0 Å². The van der Waals surface area contributed by atoms with Crippen LogP contribution in [-0.2, 0) is 0 Å². The third kappa shape index (κ3) is 3.57. The molecule has 1 saturated heterocycles. The van der Waals surface area contributed by atoms with E-state index in [-0.39, 0.29) is 17.2 Å². The van der Waals surface area contributed by atoms with Crippen LogP contribution >= 0.6 is 23.2 Å². The summed E-state index contributed by atoms with van der Waals surface area (Å²) in [6, 6.07) is 6.91. The van der Waals surface area contributed by atoms with Crippen LogP contribution in [0.2, 0.25) is 10.0 Å². The number of hydrogen-bond donors (Lipinski definition) is 1. The number of piperazine rings is 1. The van der Waals surface area contributed by atoms with E-state index in [9.17, 15) is 4.79 Å². The summed E-state index contributed by atoms with van der Waals surface area (Å²) < 4.78 is 1.25. The van der Waals surface area contributed by atoms with Gasteiger partial charge in [0, 0.05) is 37.7 Å². The normalized spacial score (nSPS) is 15.7. The molecule has 1 aliphatic rings. The summed E-state index contributed by atoms with van der Waals surface area (Å²) in [5, 5.41) is 13.9. The fourth-order valence-electron chi connectivity index (χ4n) is 2.79. The first kappa shape index (κ1) is 17.2. The molecule has 1 aliphatic heterocycles. The Morgan fingerprint density at radius 3 is 2.58 bits per heavy atom. The lowest BCUT2D eigenvalue weighted by molar-refractivity contribution is 0.188. The van der Waals surface area contributed by atoms with Gasteiger partial charge >= 0.3 is 0 Å². The third-order valence-electron chi connectivity index (χ3n) is 4.08. The molecule has 0 amide bonds. The standard InChI is InChI=1S/C16H18Cl2N4O2/c17-12-2-1-3-13(10-12)22-16(24)15(18)14(11-19-22)21-6-4-20(5-7-21)8-9-23/h1-3,10-11,23H,4-9H2. The van der Waals surface area contributed by atoms with Gasteiger partial charge in [-0.15, -0.1) is 0 Å². The van der Waals surface area contributed by atoms with Gasteiger partial charge in [0.1, 0.15) is 5.02 Å². The molecule has 8 heteroatoms. The van der Waals surface area contributed by atoms with Gasteiger partial charge in [-0.25, -0.2) is 0 Å². The summed E-state index contributed by atoms with van der Waals surface area (Å²) in [5.41, 5.74) is 0.853. The van der Waals surface area contributed by atoms with E-state index in [4.69, 9.17) is 28.3 Å². The molecule has 0 unspecified atom stereocenters. The maximum atomic E-state index is 12.6. The van der Waals surface area contributed by atoms with Crippen LogP contribution in [0.25, 0.3) is 5.69 Å². The first-order chi connectivity index (χ1) is 11.6. The molecule has 2 aromatic rings. The van der Waals surface area contributed by atoms with Gasteiger partial charge in [-0.3, -0.25) is 9.69 Å². The molecule has 3 rings (SSSR count). The van der Waals surface area contributed by atoms with Crippen molar-refractivity contribution in [3.05, 3.63) is 50.9 Å². The minimum Gasteiger partial charge on any atom is -0.395 e. The predicted molar refractivity (Wildman–Crippen MR) is 95.6 cm³/mol. The highest BCUT2D eigenvalue weighted by molar-refractivity contribution is 6.33. The van der Waals surface area contributed by atoms with Gasteiger partial charge in [0.25, 0.3) is 5.56 Å². The molecule has 1 N–H and O–H groups in total. The van der Waals surface area contributed by atoms with Crippen molar-refractivity contribution in [1.82, 2.24) is 14.7 Å². The van der Waals surface area contributed by atoms with Crippen molar-refractivity contribution >= 4 is 28.9 Å². The molecule has 0 saturated carbocycles. The molecule has 0 bridgehead atoms. The number of hydrogen-bond acceptors (Lipinski definition) is 5. The first-order valence-electron chi connectivity index (χ1n) is 7.72. The zero-order chi connectivity index (χ0) is 17.1. The van der Waals surface area contributed by atoms with E-state index < -0.39 is 0 Å². The number of nitrogens with zero attached hydrogens (tertiary/aromatic N) is 4. The van der Waals surface area contributed by atoms with Crippen molar-refractivity contribution in [2.24, 2.45) is 0 Å². The molecule has 128 valence electrons. The van der Waals surface area contributed by atoms with E-state index in [2.05, 4.69) is 10.00 Å². The number of benzene rings is 1. The number of β-amino-alcohol motifs (C(OH)–C–C–N with tert-alkyl or cyclic N) is 1. The largest absolute Gasteiger partial charge is 0.395 e. The quantitative estimate of drug-likeness (QED) is 0.888. The predicted octanol–water partition coefficient (Wildman–Crippen LogP) is 1.65. The van der Waals surface area contributed by atoms with Gasteiger partial charge in [0.15, 0.2) is 0 Å². The second kappa shape index (κ2) is 7.53. The summed E-state index contributed by atoms with van der Waals surface area (Å²) in [5.74, 6) is 0. The van der Waals surface area contributed by atoms with E-state index >= 15 is 0 Å². The Bertz CT molecular complexity index is 773. The second-order valence-electron chi connectivity index (χ2n) is 5.59. The number of anilines is 1. The molecule has 0 atom stereocenters. The van der Waals surface area contributed by atoms with Crippen LogP contribution in [0.5, 0.6) is 0 Å². The van der Waals surface area contributed by atoms with Crippen molar-refractivity contribution in [3.8, 4) is 5.69 Å². The highest BCUT2D eigenvalue weighted by Gasteiger charge is 2.21. The van der Waals surface area contributed by atoms with Gasteiger partial charge in [-0.2, -0.15) is 9.78 Å². The molecule has 1 aromatic heterocycles. The van der Waals surface area contributed by atoms with Crippen molar-refractivity contribution in [1.29, 1.82) is 0 Å². The Labute approximate surface area is 149 Å². The maximum absolute atomic E-state index is 12.6. The first-order valence-corrected chi connectivity index (χ1v) is 8.47. The van der Waals surface area contributed by atoms with Crippen molar-refractivity contribution < 1.29 is 5.11 Å². The topological polar surface area (TPSA) is 61.6 Å². The van der Waals surface area contributed by atoms with E-state index in [1.807, 2.05) is 4.90 Å². The minimum atomic E-state index is -0.366. The summed E-state index contributed by atoms with van der Waals surface area (Å²) in [6.07, 6.45) is 1.62. The average Bonchev–Trinajstić information content (AvgIpc) is 2.58. The van der Waals surface area contributed by atoms with Crippen molar-refractivity contribution in [2.45, 2.75) is 0 Å². The molecule has 0 radical (unpaired) electrons. The smallest absolute Gasteiger partial charge is 0.292 e. The van der Waals surface area contributed by atoms with Crippen LogP contribution in [0.3, 0.4) is 0 Å². The van der Waals surface area contributed by atoms with Crippen LogP contribution in [0.4, 0.5) is 5.69 Å². The van der Waals surface area contributed by atoms with Crippen LogP contribution in [-0.4, -0.2) is 59.1 Å². The summed E-state index contributed by atoms with van der Waals surface area (Å²) >= 11 is 12.3. The Morgan fingerprint density at radius 2 is 1.92 bits per heavy atom. The Hall–Kier alpha value is -1.60. The van der Waals surface area contributed by atoms with Crippen molar-refractivity contribution in [3.63, 3.8) is 0 Å². The lowest BCUT2D eigenvalue weighted by atomic mass is 10.2. The van der Waals surface area contributed by atoms with E-state index in [1.54, 1.807) is 30.5 Å². The molecule has 0 aliphatic carbocycles. The zero-order valence-electron chi connectivity index (χ0n) is 13.0. The number of aliphatic hydroxyl groups is 1. The monoisotopic (exact) mass is 368 g/mol. The van der Waals surface area contributed by atoms with E-state index in [1.165, 1.54) is 4.68 Å². The van der Waals surface area contributed by atoms with Crippen LogP contribution in [0, 0.1) is 0 Å². The van der Waals surface area contributed by atoms with E-state index in [0.29, 0.717) is 22.9 Å². The second-order valence-corrected chi connectivity index (χ2v) is 6.41. The molecular weight excluding hydrogens is 351 g/mol. The Morgan fingerprint density at radius 1 is 1.17 bits per heavy atom. The number of aromatic nitrogens is 2. The summed E-state index contributed by atoms with van der Waals surface area (Å²) in [7, 11) is 0. The third-order valence-corrected chi connectivity index (χ3v) is 4.67. The fraction of sp³-hybridized carbons (Fsp3) is 0.375. The molecule has 24 heavy (non-hydrogen) atoms. The molecular formula is C16H18Cl2N4O2. The summed E-state index contributed by atoms with van der Waals surface area (Å²) in [4.78, 5) is 16.8. The Balaban J connectivity index is 1.85. The average molecular weight is 369 g/mol. The number of rotatable bonds is 4. The van der Waals surface area contributed by atoms with Gasteiger partial charge in [0.05, 0.1) is 24.2 Å². The van der Waals surface area contributed by atoms with E-state index in [0.717, 1.165) is 26.2 Å². The van der Waals surface area contributed by atoms with Crippen LogP contribution in [0.15, 0.2) is 35.3 Å². The minimum absolute atomic E-state index is 0.151. The molecule has 1 aromatic carbocycles. The van der Waals surface area contributed by atoms with Gasteiger partial charge in [-0.1, -0.05) is 29.3 Å². The molecule has 6 nitrogen and oxygen atoms in total. The number of aliphatic hydroxyl groups excluding tert-OH is 1.